The Bertz CT molecular complexity index is 692. The van der Waals surface area contributed by atoms with E-state index in [1.54, 1.807) is 0 Å². The van der Waals surface area contributed by atoms with Crippen molar-refractivity contribution < 1.29 is 0 Å². The van der Waals surface area contributed by atoms with E-state index in [9.17, 15) is 0 Å². The Morgan fingerprint density at radius 3 is 2.13 bits per heavy atom. The van der Waals surface area contributed by atoms with Crippen LogP contribution in [0.4, 0.5) is 0 Å². The second kappa shape index (κ2) is 6.95. The highest BCUT2D eigenvalue weighted by Gasteiger charge is 2.05. The SMILES string of the molecule is C=C(Cc1cc(C)nc(C)c1)c1ccc(/C=C/C(C)(C)C)cc1. The lowest BCUT2D eigenvalue weighted by Gasteiger charge is -2.11. The number of aryl methyl sites for hydroxylation is 2. The van der Waals surface area contributed by atoms with E-state index < -0.39 is 0 Å². The van der Waals surface area contributed by atoms with Gasteiger partial charge in [-0.2, -0.15) is 0 Å². The fourth-order valence-corrected chi connectivity index (χ4v) is 2.55. The Kier molecular flexibility index (Phi) is 5.20. The topological polar surface area (TPSA) is 12.9 Å². The molecule has 1 nitrogen and oxygen atoms in total. The van der Waals surface area contributed by atoms with E-state index in [0.29, 0.717) is 0 Å². The van der Waals surface area contributed by atoms with Gasteiger partial charge in [-0.25, -0.2) is 0 Å². The Balaban J connectivity index is 2.10. The second-order valence-corrected chi connectivity index (χ2v) is 7.36. The summed E-state index contributed by atoms with van der Waals surface area (Å²) in [5, 5.41) is 0. The fraction of sp³-hybridized carbons (Fsp3) is 0.318. The molecule has 1 heterocycles. The predicted octanol–water partition coefficient (Wildman–Crippen LogP) is 6.01. The monoisotopic (exact) mass is 305 g/mol. The summed E-state index contributed by atoms with van der Waals surface area (Å²) in [5.74, 6) is 0. The van der Waals surface area contributed by atoms with Crippen LogP contribution in [-0.4, -0.2) is 4.98 Å². The second-order valence-electron chi connectivity index (χ2n) is 7.36. The molecule has 2 rings (SSSR count). The Hall–Kier alpha value is -2.15. The molecular formula is C22H27N. The lowest BCUT2D eigenvalue weighted by molar-refractivity contribution is 0.547. The van der Waals surface area contributed by atoms with Gasteiger partial charge in [0.25, 0.3) is 0 Å². The summed E-state index contributed by atoms with van der Waals surface area (Å²) in [7, 11) is 0. The van der Waals surface area contributed by atoms with E-state index in [1.165, 1.54) is 16.7 Å². The molecule has 0 unspecified atom stereocenters. The normalized spacial score (nSPS) is 11.9. The van der Waals surface area contributed by atoms with Crippen LogP contribution in [0.25, 0.3) is 11.6 Å². The van der Waals surface area contributed by atoms with Gasteiger partial charge in [-0.1, -0.05) is 63.8 Å². The number of hydrogen-bond acceptors (Lipinski definition) is 1. The molecule has 0 atom stereocenters. The first-order valence-electron chi connectivity index (χ1n) is 8.14. The van der Waals surface area contributed by atoms with E-state index in [1.807, 2.05) is 13.8 Å². The minimum absolute atomic E-state index is 0.208. The molecule has 0 fully saturated rings. The Morgan fingerprint density at radius 2 is 1.61 bits per heavy atom. The number of aromatic nitrogens is 1. The average Bonchev–Trinajstić information content (AvgIpc) is 2.43. The minimum Gasteiger partial charge on any atom is -0.258 e. The highest BCUT2D eigenvalue weighted by atomic mass is 14.7. The molecule has 1 aromatic carbocycles. The molecule has 0 aliphatic carbocycles. The molecule has 0 bridgehead atoms. The smallest absolute Gasteiger partial charge is 0.0378 e. The van der Waals surface area contributed by atoms with E-state index in [-0.39, 0.29) is 5.41 Å². The van der Waals surface area contributed by atoms with Gasteiger partial charge in [-0.05, 0) is 60.1 Å². The van der Waals surface area contributed by atoms with Crippen molar-refractivity contribution in [3.63, 3.8) is 0 Å². The van der Waals surface area contributed by atoms with Gasteiger partial charge >= 0.3 is 0 Å². The highest BCUT2D eigenvalue weighted by molar-refractivity contribution is 5.67. The van der Waals surface area contributed by atoms with Crippen molar-refractivity contribution in [1.29, 1.82) is 0 Å². The summed E-state index contributed by atoms with van der Waals surface area (Å²) >= 11 is 0. The lowest BCUT2D eigenvalue weighted by Crippen LogP contribution is -1.98. The van der Waals surface area contributed by atoms with E-state index in [0.717, 1.165) is 23.4 Å². The van der Waals surface area contributed by atoms with Gasteiger partial charge in [0.15, 0.2) is 0 Å². The maximum Gasteiger partial charge on any atom is 0.0378 e. The maximum absolute atomic E-state index is 4.43. The van der Waals surface area contributed by atoms with Crippen LogP contribution in [0.1, 0.15) is 48.8 Å². The highest BCUT2D eigenvalue weighted by Crippen LogP contribution is 2.21. The average molecular weight is 305 g/mol. The molecule has 0 amide bonds. The largest absolute Gasteiger partial charge is 0.258 e. The van der Waals surface area contributed by atoms with Crippen molar-refractivity contribution in [2.45, 2.75) is 41.0 Å². The summed E-state index contributed by atoms with van der Waals surface area (Å²) in [6.07, 6.45) is 5.28. The van der Waals surface area contributed by atoms with Crippen LogP contribution < -0.4 is 0 Å². The zero-order valence-electron chi connectivity index (χ0n) is 15.0. The van der Waals surface area contributed by atoms with Gasteiger partial charge in [0.1, 0.15) is 0 Å². The summed E-state index contributed by atoms with van der Waals surface area (Å²) in [4.78, 5) is 4.43. The first-order chi connectivity index (χ1) is 10.7. The molecular weight excluding hydrogens is 278 g/mol. The first kappa shape index (κ1) is 17.2. The number of pyridine rings is 1. The summed E-state index contributed by atoms with van der Waals surface area (Å²) in [6.45, 7) is 15.0. The van der Waals surface area contributed by atoms with E-state index in [4.69, 9.17) is 0 Å². The van der Waals surface area contributed by atoms with Crippen LogP contribution in [0.2, 0.25) is 0 Å². The van der Waals surface area contributed by atoms with Gasteiger partial charge < -0.3 is 0 Å². The molecule has 2 aromatic rings. The molecule has 0 saturated heterocycles. The molecule has 0 saturated carbocycles. The van der Waals surface area contributed by atoms with Crippen molar-refractivity contribution in [2.75, 3.05) is 0 Å². The third-order valence-corrected chi connectivity index (χ3v) is 3.65. The number of rotatable bonds is 4. The zero-order valence-corrected chi connectivity index (χ0v) is 15.0. The Labute approximate surface area is 140 Å². The van der Waals surface area contributed by atoms with Crippen LogP contribution >= 0.6 is 0 Å². The van der Waals surface area contributed by atoms with Gasteiger partial charge in [-0.3, -0.25) is 4.98 Å². The number of nitrogens with zero attached hydrogens (tertiary/aromatic N) is 1. The molecule has 0 spiro atoms. The van der Waals surface area contributed by atoms with Gasteiger partial charge in [0.05, 0.1) is 0 Å². The number of hydrogen-bond donors (Lipinski definition) is 0. The van der Waals surface area contributed by atoms with E-state index >= 15 is 0 Å². The zero-order chi connectivity index (χ0) is 17.0. The van der Waals surface area contributed by atoms with Crippen molar-refractivity contribution in [3.8, 4) is 0 Å². The van der Waals surface area contributed by atoms with Gasteiger partial charge in [-0.15, -0.1) is 0 Å². The molecule has 1 heteroatoms. The molecule has 120 valence electrons. The van der Waals surface area contributed by atoms with Crippen molar-refractivity contribution >= 4 is 11.6 Å². The van der Waals surface area contributed by atoms with Crippen LogP contribution in [0, 0.1) is 19.3 Å². The molecule has 0 aliphatic heterocycles. The summed E-state index contributed by atoms with van der Waals surface area (Å²) < 4.78 is 0. The van der Waals surface area contributed by atoms with Gasteiger partial charge in [0.2, 0.25) is 0 Å². The standard InChI is InChI=1S/C22H27N/c1-16(13-20-14-17(2)23-18(3)15-20)21-9-7-19(8-10-21)11-12-22(4,5)6/h7-12,14-15H,1,13H2,2-6H3/b12-11+. The third-order valence-electron chi connectivity index (χ3n) is 3.65. The fourth-order valence-electron chi connectivity index (χ4n) is 2.55. The van der Waals surface area contributed by atoms with Crippen LogP contribution in [0.15, 0.2) is 49.1 Å². The van der Waals surface area contributed by atoms with Crippen molar-refractivity contribution in [1.82, 2.24) is 4.98 Å². The number of benzene rings is 1. The third kappa shape index (κ3) is 5.52. The molecule has 0 radical (unpaired) electrons. The molecule has 23 heavy (non-hydrogen) atoms. The molecule has 0 aliphatic rings. The molecule has 1 aromatic heterocycles. The van der Waals surface area contributed by atoms with Crippen molar-refractivity contribution in [3.05, 3.63) is 77.1 Å². The quantitative estimate of drug-likeness (QED) is 0.673. The van der Waals surface area contributed by atoms with Gasteiger partial charge in [0, 0.05) is 11.4 Å². The van der Waals surface area contributed by atoms with Crippen LogP contribution in [0.3, 0.4) is 0 Å². The number of allylic oxidation sites excluding steroid dienone is 2. The first-order valence-corrected chi connectivity index (χ1v) is 8.14. The van der Waals surface area contributed by atoms with E-state index in [2.05, 4.69) is 80.9 Å². The Morgan fingerprint density at radius 1 is 1.04 bits per heavy atom. The minimum atomic E-state index is 0.208. The predicted molar refractivity (Wildman–Crippen MR) is 101 cm³/mol. The van der Waals surface area contributed by atoms with Crippen LogP contribution in [0.5, 0.6) is 0 Å². The lowest BCUT2D eigenvalue weighted by atomic mass is 9.94. The summed E-state index contributed by atoms with van der Waals surface area (Å²) in [5.41, 5.74) is 7.18. The van der Waals surface area contributed by atoms with Crippen molar-refractivity contribution in [2.24, 2.45) is 5.41 Å². The maximum atomic E-state index is 4.43. The molecule has 0 N–H and O–H groups in total. The van der Waals surface area contributed by atoms with Crippen LogP contribution in [-0.2, 0) is 6.42 Å². The summed E-state index contributed by atoms with van der Waals surface area (Å²) in [6, 6.07) is 12.9.